The lowest BCUT2D eigenvalue weighted by Crippen LogP contribution is -2.29. The number of hydrogen-bond acceptors (Lipinski definition) is 2. The summed E-state index contributed by atoms with van der Waals surface area (Å²) in [5, 5.41) is 2.93. The summed E-state index contributed by atoms with van der Waals surface area (Å²) in [7, 11) is 0. The van der Waals surface area contributed by atoms with Crippen molar-refractivity contribution in [3.8, 4) is 0 Å². The molecule has 0 saturated heterocycles. The van der Waals surface area contributed by atoms with Gasteiger partial charge in [0.05, 0.1) is 12.2 Å². The molecule has 2 rings (SSSR count). The van der Waals surface area contributed by atoms with Crippen LogP contribution < -0.4 is 5.32 Å². The summed E-state index contributed by atoms with van der Waals surface area (Å²) in [5.41, 5.74) is 2.07. The Balaban J connectivity index is 1.81. The Morgan fingerprint density at radius 3 is 2.83 bits per heavy atom. The number of imidazole rings is 1. The van der Waals surface area contributed by atoms with Crippen LogP contribution in [0.15, 0.2) is 42.9 Å². The second kappa shape index (κ2) is 6.00. The van der Waals surface area contributed by atoms with Crippen LogP contribution in [0.3, 0.4) is 0 Å². The number of nitrogens with zero attached hydrogens (tertiary/aromatic N) is 1. The molecule has 0 radical (unpaired) electrons. The molecule has 0 spiro atoms. The smallest absolute Gasteiger partial charge is 0.227 e. The summed E-state index contributed by atoms with van der Waals surface area (Å²) in [5.74, 6) is -0.0614. The Kier molecular flexibility index (Phi) is 4.12. The van der Waals surface area contributed by atoms with E-state index in [9.17, 15) is 4.79 Å². The van der Waals surface area contributed by atoms with Crippen LogP contribution in [0, 0.1) is 0 Å². The second-order valence-electron chi connectivity index (χ2n) is 4.25. The number of aromatic amines is 1. The molecule has 0 aliphatic heterocycles. The number of carbonyl (C=O) groups excluding carboxylic acids is 1. The molecule has 1 aromatic heterocycles. The largest absolute Gasteiger partial charge is 0.355 e. The maximum absolute atomic E-state index is 11.9. The predicted molar refractivity (Wildman–Crippen MR) is 70.2 cm³/mol. The van der Waals surface area contributed by atoms with E-state index in [1.165, 1.54) is 0 Å². The quantitative estimate of drug-likeness (QED) is 0.842. The fraction of sp³-hybridized carbons (Fsp3) is 0.286. The number of aromatic nitrogens is 2. The summed E-state index contributed by atoms with van der Waals surface area (Å²) in [6.07, 6.45) is 4.18. The lowest BCUT2D eigenvalue weighted by atomic mass is 10.0. The zero-order chi connectivity index (χ0) is 12.8. The molecule has 94 valence electrons. The van der Waals surface area contributed by atoms with Gasteiger partial charge in [0, 0.05) is 24.9 Å². The number of nitrogens with one attached hydrogen (secondary N) is 2. The van der Waals surface area contributed by atoms with E-state index in [0.717, 1.165) is 17.7 Å². The van der Waals surface area contributed by atoms with Crippen LogP contribution in [0.25, 0.3) is 0 Å². The molecular weight excluding hydrogens is 226 g/mol. The van der Waals surface area contributed by atoms with Crippen LogP contribution in [-0.4, -0.2) is 22.4 Å². The first-order valence-electron chi connectivity index (χ1n) is 6.07. The molecule has 18 heavy (non-hydrogen) atoms. The van der Waals surface area contributed by atoms with Gasteiger partial charge in [-0.05, 0) is 12.5 Å². The molecule has 0 aliphatic rings. The lowest BCUT2D eigenvalue weighted by molar-refractivity contribution is -0.122. The van der Waals surface area contributed by atoms with Crippen LogP contribution in [0.4, 0.5) is 0 Å². The van der Waals surface area contributed by atoms with Crippen LogP contribution in [-0.2, 0) is 11.2 Å². The van der Waals surface area contributed by atoms with E-state index in [1.54, 1.807) is 12.5 Å². The molecule has 2 aromatic rings. The van der Waals surface area contributed by atoms with Gasteiger partial charge in [0.2, 0.25) is 5.91 Å². The summed E-state index contributed by atoms with van der Waals surface area (Å²) in [4.78, 5) is 18.9. The molecule has 1 atom stereocenters. The highest BCUT2D eigenvalue weighted by molar-refractivity contribution is 5.83. The molecule has 4 heteroatoms. The first kappa shape index (κ1) is 12.4. The molecule has 1 heterocycles. The zero-order valence-corrected chi connectivity index (χ0v) is 10.4. The predicted octanol–water partition coefficient (Wildman–Crippen LogP) is 1.87. The van der Waals surface area contributed by atoms with Crippen molar-refractivity contribution in [2.45, 2.75) is 19.3 Å². The van der Waals surface area contributed by atoms with Crippen LogP contribution in [0.2, 0.25) is 0 Å². The van der Waals surface area contributed by atoms with Crippen molar-refractivity contribution < 1.29 is 4.79 Å². The second-order valence-corrected chi connectivity index (χ2v) is 4.25. The van der Waals surface area contributed by atoms with E-state index < -0.39 is 0 Å². The summed E-state index contributed by atoms with van der Waals surface area (Å²) in [6.45, 7) is 2.54. The van der Waals surface area contributed by atoms with Crippen molar-refractivity contribution in [3.05, 3.63) is 54.1 Å². The minimum atomic E-state index is -0.118. The molecule has 0 bridgehead atoms. The third-order valence-corrected chi connectivity index (χ3v) is 2.94. The molecule has 0 aliphatic carbocycles. The first-order chi connectivity index (χ1) is 8.77. The summed E-state index contributed by atoms with van der Waals surface area (Å²) >= 11 is 0. The Morgan fingerprint density at radius 2 is 2.17 bits per heavy atom. The van der Waals surface area contributed by atoms with Gasteiger partial charge in [-0.2, -0.15) is 0 Å². The molecule has 2 N–H and O–H groups in total. The van der Waals surface area contributed by atoms with E-state index in [1.807, 2.05) is 37.3 Å². The van der Waals surface area contributed by atoms with Gasteiger partial charge < -0.3 is 10.3 Å². The van der Waals surface area contributed by atoms with Gasteiger partial charge >= 0.3 is 0 Å². The Labute approximate surface area is 106 Å². The van der Waals surface area contributed by atoms with Gasteiger partial charge in [-0.15, -0.1) is 0 Å². The van der Waals surface area contributed by atoms with Crippen molar-refractivity contribution in [1.82, 2.24) is 15.3 Å². The van der Waals surface area contributed by atoms with Gasteiger partial charge in [0.25, 0.3) is 0 Å². The number of benzene rings is 1. The van der Waals surface area contributed by atoms with Crippen molar-refractivity contribution in [2.75, 3.05) is 6.54 Å². The number of hydrogen-bond donors (Lipinski definition) is 2. The maximum Gasteiger partial charge on any atom is 0.227 e. The number of amides is 1. The molecule has 0 fully saturated rings. The normalized spacial score (nSPS) is 12.1. The average molecular weight is 243 g/mol. The monoisotopic (exact) mass is 243 g/mol. The number of rotatable bonds is 5. The summed E-state index contributed by atoms with van der Waals surface area (Å²) < 4.78 is 0. The van der Waals surface area contributed by atoms with E-state index in [4.69, 9.17) is 0 Å². The molecule has 0 saturated carbocycles. The van der Waals surface area contributed by atoms with Gasteiger partial charge in [-0.3, -0.25) is 4.79 Å². The van der Waals surface area contributed by atoms with Crippen LogP contribution in [0.1, 0.15) is 24.1 Å². The Hall–Kier alpha value is -2.10. The molecule has 1 unspecified atom stereocenters. The molecule has 1 amide bonds. The van der Waals surface area contributed by atoms with Crippen LogP contribution in [0.5, 0.6) is 0 Å². The number of H-pyrrole nitrogens is 1. The van der Waals surface area contributed by atoms with E-state index in [-0.39, 0.29) is 11.8 Å². The molecular formula is C14H17N3O. The third-order valence-electron chi connectivity index (χ3n) is 2.94. The van der Waals surface area contributed by atoms with Gasteiger partial charge in [0.1, 0.15) is 0 Å². The van der Waals surface area contributed by atoms with E-state index in [2.05, 4.69) is 15.3 Å². The molecule has 1 aromatic carbocycles. The zero-order valence-electron chi connectivity index (χ0n) is 10.4. The Bertz CT molecular complexity index is 479. The van der Waals surface area contributed by atoms with Crippen molar-refractivity contribution in [3.63, 3.8) is 0 Å². The highest BCUT2D eigenvalue weighted by Crippen LogP contribution is 2.14. The van der Waals surface area contributed by atoms with Crippen molar-refractivity contribution >= 4 is 5.91 Å². The van der Waals surface area contributed by atoms with Gasteiger partial charge in [0.15, 0.2) is 0 Å². The van der Waals surface area contributed by atoms with Gasteiger partial charge in [-0.25, -0.2) is 4.98 Å². The van der Waals surface area contributed by atoms with Crippen molar-refractivity contribution in [1.29, 1.82) is 0 Å². The maximum atomic E-state index is 11.9. The first-order valence-corrected chi connectivity index (χ1v) is 6.07. The minimum absolute atomic E-state index is 0.0562. The average Bonchev–Trinajstić information content (AvgIpc) is 2.92. The van der Waals surface area contributed by atoms with Crippen molar-refractivity contribution in [2.24, 2.45) is 0 Å². The summed E-state index contributed by atoms with van der Waals surface area (Å²) in [6, 6.07) is 9.79. The number of carbonyl (C=O) groups is 1. The SMILES string of the molecule is CC(C(=O)NCCc1cnc[nH]1)c1ccccc1. The highest BCUT2D eigenvalue weighted by Gasteiger charge is 2.13. The third kappa shape index (κ3) is 3.20. The minimum Gasteiger partial charge on any atom is -0.355 e. The molecule has 4 nitrogen and oxygen atoms in total. The Morgan fingerprint density at radius 1 is 1.39 bits per heavy atom. The van der Waals surface area contributed by atoms with Crippen LogP contribution >= 0.6 is 0 Å². The standard InChI is InChI=1S/C14H17N3O/c1-11(12-5-3-2-4-6-12)14(18)16-8-7-13-9-15-10-17-13/h2-6,9-11H,7-8H2,1H3,(H,15,17)(H,16,18). The van der Waals surface area contributed by atoms with E-state index >= 15 is 0 Å². The highest BCUT2D eigenvalue weighted by atomic mass is 16.1. The van der Waals surface area contributed by atoms with Gasteiger partial charge in [-0.1, -0.05) is 30.3 Å². The van der Waals surface area contributed by atoms with E-state index in [0.29, 0.717) is 6.54 Å². The topological polar surface area (TPSA) is 57.8 Å². The fourth-order valence-corrected chi connectivity index (χ4v) is 1.79. The fourth-order valence-electron chi connectivity index (χ4n) is 1.79. The lowest BCUT2D eigenvalue weighted by Gasteiger charge is -2.12.